The highest BCUT2D eigenvalue weighted by Gasteiger charge is 2.30. The summed E-state index contributed by atoms with van der Waals surface area (Å²) >= 11 is 0. The quantitative estimate of drug-likeness (QED) is 0.156. The van der Waals surface area contributed by atoms with Crippen LogP contribution in [0.15, 0.2) is 73.1 Å². The van der Waals surface area contributed by atoms with E-state index in [1.807, 2.05) is 36.2 Å². The molecule has 5 heterocycles. The molecule has 3 aliphatic heterocycles. The Labute approximate surface area is 335 Å². The summed E-state index contributed by atoms with van der Waals surface area (Å²) in [4.78, 5) is 58.7. The van der Waals surface area contributed by atoms with Gasteiger partial charge in [0.05, 0.1) is 17.1 Å². The summed E-state index contributed by atoms with van der Waals surface area (Å²) in [5.41, 5.74) is 6.60. The Morgan fingerprint density at radius 2 is 1.72 bits per heavy atom. The van der Waals surface area contributed by atoms with Crippen LogP contribution < -0.4 is 10.2 Å². The number of carbonyl (C=O) groups is 4. The van der Waals surface area contributed by atoms with E-state index in [0.29, 0.717) is 61.2 Å². The lowest BCUT2D eigenvalue weighted by Gasteiger charge is -2.34. The van der Waals surface area contributed by atoms with Gasteiger partial charge in [-0.3, -0.25) is 29.2 Å². The van der Waals surface area contributed by atoms with Crippen LogP contribution in [0.1, 0.15) is 83.1 Å². The predicted molar refractivity (Wildman–Crippen MR) is 218 cm³/mol. The number of halogens is 2. The summed E-state index contributed by atoms with van der Waals surface area (Å²) in [7, 11) is 3.32. The van der Waals surface area contributed by atoms with E-state index in [1.54, 1.807) is 48.1 Å². The highest BCUT2D eigenvalue weighted by Crippen LogP contribution is 2.40. The van der Waals surface area contributed by atoms with Crippen molar-refractivity contribution in [2.75, 3.05) is 45.2 Å². The smallest absolute Gasteiger partial charge is 0.269 e. The van der Waals surface area contributed by atoms with Crippen molar-refractivity contribution < 1.29 is 28.0 Å². The number of hydrogen-bond acceptors (Lipinski definition) is 6. The van der Waals surface area contributed by atoms with E-state index in [1.165, 1.54) is 16.5 Å². The maximum absolute atomic E-state index is 16.6. The molecule has 3 aromatic carbocycles. The number of imide groups is 1. The molecule has 5 aromatic rings. The van der Waals surface area contributed by atoms with E-state index < -0.39 is 11.7 Å². The van der Waals surface area contributed by atoms with Gasteiger partial charge in [0.1, 0.15) is 11.5 Å². The Morgan fingerprint density at radius 1 is 0.931 bits per heavy atom. The molecule has 1 atom stereocenters. The summed E-state index contributed by atoms with van der Waals surface area (Å²) in [6.45, 7) is 4.65. The van der Waals surface area contributed by atoms with Crippen molar-refractivity contribution in [2.24, 2.45) is 0 Å². The van der Waals surface area contributed by atoms with Crippen LogP contribution in [0, 0.1) is 18.6 Å². The van der Waals surface area contributed by atoms with Crippen LogP contribution in [0.4, 0.5) is 14.5 Å². The Morgan fingerprint density at radius 3 is 2.43 bits per heavy atom. The van der Waals surface area contributed by atoms with E-state index in [-0.39, 0.29) is 66.0 Å². The molecule has 11 nitrogen and oxygen atoms in total. The zero-order chi connectivity index (χ0) is 40.7. The average Bonchev–Trinajstić information content (AvgIpc) is 3.92. The van der Waals surface area contributed by atoms with Crippen LogP contribution in [-0.4, -0.2) is 88.5 Å². The van der Waals surface area contributed by atoms with Crippen LogP contribution >= 0.6 is 0 Å². The third-order valence-electron chi connectivity index (χ3n) is 11.9. The van der Waals surface area contributed by atoms with Gasteiger partial charge in [-0.15, -0.1) is 0 Å². The molecular weight excluding hydrogens is 741 g/mol. The molecule has 13 heteroatoms. The first-order valence-corrected chi connectivity index (χ1v) is 20.0. The van der Waals surface area contributed by atoms with E-state index in [0.717, 1.165) is 35.1 Å². The number of H-pyrrole nitrogens is 1. The number of aryl methyl sites for hydroxylation is 2. The van der Waals surface area contributed by atoms with Gasteiger partial charge >= 0.3 is 0 Å². The van der Waals surface area contributed by atoms with Gasteiger partial charge in [-0.25, -0.2) is 8.78 Å². The molecule has 2 N–H and O–H groups in total. The number of benzene rings is 3. The molecular formula is C45H47F2N7O4. The van der Waals surface area contributed by atoms with Crippen molar-refractivity contribution in [3.63, 3.8) is 0 Å². The first-order chi connectivity index (χ1) is 27.9. The molecule has 58 heavy (non-hydrogen) atoms. The first-order valence-electron chi connectivity index (χ1n) is 20.0. The average molecular weight is 788 g/mol. The standard InChI is InChI=1S/C45H47F2N7O4/c1-27-22-29(28-13-19-52(20-14-28)39-11-8-30(23-37(39)46)33-10-12-40(55)50-44(33)57)7-9-32(27)35-24-34(42(47)43-36(35)25-38(49-43)45(58)51(2)3)31-6-4-17-53(26-31)41(56)15-21-54-18-5-16-48-54/h5-9,11,16,18,22-25,28,33,49H,4,10,12-15,17,19-21,26H2,1-3H3,(H,50,55,57). The summed E-state index contributed by atoms with van der Waals surface area (Å²) in [6, 6.07) is 16.7. The molecule has 4 amide bonds. The van der Waals surface area contributed by atoms with Gasteiger partial charge in [-0.2, -0.15) is 5.10 Å². The summed E-state index contributed by atoms with van der Waals surface area (Å²) < 4.78 is 33.8. The minimum absolute atomic E-state index is 0.0216. The number of nitrogens with zero attached hydrogens (tertiary/aromatic N) is 5. The maximum atomic E-state index is 16.6. The molecule has 0 radical (unpaired) electrons. The zero-order valence-corrected chi connectivity index (χ0v) is 33.0. The largest absolute Gasteiger partial charge is 0.369 e. The number of aromatic amines is 1. The highest BCUT2D eigenvalue weighted by molar-refractivity contribution is 6.05. The van der Waals surface area contributed by atoms with E-state index in [4.69, 9.17) is 0 Å². The Balaban J connectivity index is 1.03. The minimum atomic E-state index is -0.537. The van der Waals surface area contributed by atoms with Crippen molar-refractivity contribution in [3.05, 3.63) is 113 Å². The van der Waals surface area contributed by atoms with Crippen LogP contribution in [0.5, 0.6) is 0 Å². The number of aromatic nitrogens is 3. The maximum Gasteiger partial charge on any atom is 0.269 e. The molecule has 3 aliphatic rings. The number of amides is 4. The van der Waals surface area contributed by atoms with Crippen LogP contribution in [0.3, 0.4) is 0 Å². The van der Waals surface area contributed by atoms with Gasteiger partial charge in [0.15, 0.2) is 5.82 Å². The molecule has 2 saturated heterocycles. The SMILES string of the molecule is Cc1cc(C2CCN(c3ccc(C4CCC(=O)NC4=O)cc3F)CC2)ccc1-c1cc(C2=CCCN(C(=O)CCn3cccn3)C2)c(F)c2[nH]c(C(=O)N(C)C)cc12. The number of hydrogen-bond donors (Lipinski definition) is 2. The molecule has 2 fully saturated rings. The van der Waals surface area contributed by atoms with E-state index in [2.05, 4.69) is 33.6 Å². The number of rotatable bonds is 9. The Bertz CT molecular complexity index is 2450. The highest BCUT2D eigenvalue weighted by atomic mass is 19.1. The molecule has 0 bridgehead atoms. The normalized spacial score (nSPS) is 17.7. The molecule has 2 aromatic heterocycles. The van der Waals surface area contributed by atoms with Gasteiger partial charge in [-0.05, 0) is 102 Å². The zero-order valence-electron chi connectivity index (χ0n) is 33.0. The van der Waals surface area contributed by atoms with Crippen LogP contribution in [-0.2, 0) is 20.9 Å². The monoisotopic (exact) mass is 787 g/mol. The van der Waals surface area contributed by atoms with Gasteiger partial charge < -0.3 is 19.7 Å². The predicted octanol–water partition coefficient (Wildman–Crippen LogP) is 6.93. The van der Waals surface area contributed by atoms with Gasteiger partial charge in [0.25, 0.3) is 5.91 Å². The lowest BCUT2D eigenvalue weighted by Crippen LogP contribution is -2.39. The second kappa shape index (κ2) is 16.0. The second-order valence-corrected chi connectivity index (χ2v) is 15.9. The third-order valence-corrected chi connectivity index (χ3v) is 11.9. The summed E-state index contributed by atoms with van der Waals surface area (Å²) in [5, 5.41) is 7.15. The third kappa shape index (κ3) is 7.65. The number of piperidine rings is 2. The Kier molecular flexibility index (Phi) is 10.7. The van der Waals surface area contributed by atoms with E-state index >= 15 is 8.78 Å². The van der Waals surface area contributed by atoms with Crippen molar-refractivity contribution >= 4 is 45.8 Å². The lowest BCUT2D eigenvalue weighted by molar-refractivity contribution is -0.134. The molecule has 0 aliphatic carbocycles. The molecule has 0 saturated carbocycles. The molecule has 300 valence electrons. The molecule has 8 rings (SSSR count). The second-order valence-electron chi connectivity index (χ2n) is 15.9. The summed E-state index contributed by atoms with van der Waals surface area (Å²) in [6.07, 6.45) is 8.63. The summed E-state index contributed by atoms with van der Waals surface area (Å²) in [5.74, 6) is -2.09. The van der Waals surface area contributed by atoms with Crippen molar-refractivity contribution in [3.8, 4) is 11.1 Å². The van der Waals surface area contributed by atoms with Gasteiger partial charge in [0, 0.05) is 83.0 Å². The lowest BCUT2D eigenvalue weighted by atomic mass is 9.85. The number of nitrogens with one attached hydrogen (secondary N) is 2. The van der Waals surface area contributed by atoms with Gasteiger partial charge in [-0.1, -0.05) is 30.3 Å². The number of anilines is 1. The number of carbonyl (C=O) groups excluding carboxylic acids is 4. The fourth-order valence-corrected chi connectivity index (χ4v) is 8.73. The Hall–Kier alpha value is -6.11. The van der Waals surface area contributed by atoms with Crippen LogP contribution in [0.2, 0.25) is 0 Å². The van der Waals surface area contributed by atoms with E-state index in [9.17, 15) is 19.2 Å². The topological polar surface area (TPSA) is 124 Å². The molecule has 1 unspecified atom stereocenters. The van der Waals surface area contributed by atoms with Crippen molar-refractivity contribution in [2.45, 2.75) is 63.8 Å². The van der Waals surface area contributed by atoms with Crippen LogP contribution in [0.25, 0.3) is 27.6 Å². The van der Waals surface area contributed by atoms with Crippen molar-refractivity contribution in [1.29, 1.82) is 0 Å². The fraction of sp³-hybridized carbons (Fsp3) is 0.356. The first kappa shape index (κ1) is 38.7. The molecule has 0 spiro atoms. The minimum Gasteiger partial charge on any atom is -0.369 e. The van der Waals surface area contributed by atoms with Gasteiger partial charge in [0.2, 0.25) is 17.7 Å². The fourth-order valence-electron chi connectivity index (χ4n) is 8.73. The van der Waals surface area contributed by atoms with Crippen molar-refractivity contribution in [1.82, 2.24) is 29.9 Å². The number of fused-ring (bicyclic) bond motifs is 1.